The van der Waals surface area contributed by atoms with Gasteiger partial charge in [0.05, 0.1) is 16.8 Å². The first-order valence-corrected chi connectivity index (χ1v) is 9.67. The first-order valence-electron chi connectivity index (χ1n) is 9.67. The molecule has 6 nitrogen and oxygen atoms in total. The average molecular weight is 457 g/mol. The summed E-state index contributed by atoms with van der Waals surface area (Å²) in [6.07, 6.45) is 0. The third-order valence-electron chi connectivity index (χ3n) is 6.95. The number of aliphatic carboxylic acids is 1. The van der Waals surface area contributed by atoms with Crippen LogP contribution < -0.4 is 0 Å². The number of rotatable bonds is 3. The molecule has 2 N–H and O–H groups in total. The molecule has 0 atom stereocenters. The summed E-state index contributed by atoms with van der Waals surface area (Å²) in [5.41, 5.74) is -1.73. The van der Waals surface area contributed by atoms with Crippen LogP contribution in [0.5, 0.6) is 0 Å². The Morgan fingerprint density at radius 1 is 0.828 bits per heavy atom. The van der Waals surface area contributed by atoms with Crippen molar-refractivity contribution in [1.82, 2.24) is 0 Å². The summed E-state index contributed by atoms with van der Waals surface area (Å²) in [6, 6.07) is 0. The minimum atomic E-state index is -0.911. The zero-order valence-electron chi connectivity index (χ0n) is 20.9. The Bertz CT molecular complexity index is 534. The van der Waals surface area contributed by atoms with Crippen molar-refractivity contribution >= 4 is 11.9 Å². The summed E-state index contributed by atoms with van der Waals surface area (Å²) in [5.74, 6) is -1.16. The van der Waals surface area contributed by atoms with E-state index in [-0.39, 0.29) is 34.5 Å². The molecule has 1 rings (SSSR count). The second kappa shape index (κ2) is 10.1. The number of carbonyl (C=O) groups excluding carboxylic acids is 1. The van der Waals surface area contributed by atoms with Gasteiger partial charge in [0.15, 0.2) is 0 Å². The quantitative estimate of drug-likeness (QED) is 0.592. The SMILES string of the molecule is CC(=O)O.CC(=O)OC(C)(C)C(C)(C)C(C)(C)O.CC1(C)OC(C)(C)C1(C)C.[Cr+3]. The van der Waals surface area contributed by atoms with E-state index in [1.165, 1.54) is 6.92 Å². The van der Waals surface area contributed by atoms with Gasteiger partial charge in [-0.25, -0.2) is 0 Å². The minimum absolute atomic E-state index is 0. The average Bonchev–Trinajstić information content (AvgIpc) is 2.33. The van der Waals surface area contributed by atoms with Crippen LogP contribution >= 0.6 is 0 Å². The second-order valence-electron chi connectivity index (χ2n) is 10.6. The number of ether oxygens (including phenoxy) is 2. The molecule has 29 heavy (non-hydrogen) atoms. The van der Waals surface area contributed by atoms with Crippen molar-refractivity contribution in [2.24, 2.45) is 10.8 Å². The van der Waals surface area contributed by atoms with Crippen LogP contribution in [0.15, 0.2) is 0 Å². The molecule has 0 amide bonds. The number of esters is 1. The predicted molar refractivity (Wildman–Crippen MR) is 112 cm³/mol. The van der Waals surface area contributed by atoms with E-state index in [0.717, 1.165) is 6.92 Å². The van der Waals surface area contributed by atoms with Gasteiger partial charge in [-0.05, 0) is 55.4 Å². The monoisotopic (exact) mass is 456 g/mol. The van der Waals surface area contributed by atoms with Gasteiger partial charge in [-0.15, -0.1) is 0 Å². The van der Waals surface area contributed by atoms with Crippen LogP contribution in [-0.4, -0.2) is 44.6 Å². The van der Waals surface area contributed by atoms with E-state index >= 15 is 0 Å². The molecule has 171 valence electrons. The molecular formula is C22H44CrO6+3. The van der Waals surface area contributed by atoms with Crippen LogP contribution in [0.25, 0.3) is 0 Å². The molecule has 1 radical (unpaired) electrons. The molecule has 0 saturated carbocycles. The maximum atomic E-state index is 10.9. The summed E-state index contributed by atoms with van der Waals surface area (Å²) < 4.78 is 11.0. The summed E-state index contributed by atoms with van der Waals surface area (Å²) in [7, 11) is 0. The zero-order valence-corrected chi connectivity index (χ0v) is 22.2. The fourth-order valence-electron chi connectivity index (χ4n) is 2.80. The van der Waals surface area contributed by atoms with Gasteiger partial charge in [0.1, 0.15) is 5.60 Å². The molecule has 0 aliphatic carbocycles. The number of aliphatic hydroxyl groups is 1. The summed E-state index contributed by atoms with van der Waals surface area (Å²) in [5, 5.41) is 17.4. The molecule has 1 fully saturated rings. The Balaban J connectivity index is -0.000000393. The van der Waals surface area contributed by atoms with Crippen molar-refractivity contribution in [1.29, 1.82) is 0 Å². The Labute approximate surface area is 188 Å². The van der Waals surface area contributed by atoms with Crippen LogP contribution in [0.3, 0.4) is 0 Å². The van der Waals surface area contributed by atoms with Gasteiger partial charge in [-0.3, -0.25) is 9.59 Å². The Morgan fingerprint density at radius 3 is 1.21 bits per heavy atom. The van der Waals surface area contributed by atoms with E-state index in [2.05, 4.69) is 41.5 Å². The molecule has 0 bridgehead atoms. The van der Waals surface area contributed by atoms with Crippen molar-refractivity contribution in [3.05, 3.63) is 0 Å². The van der Waals surface area contributed by atoms with Crippen LogP contribution in [0.1, 0.15) is 96.9 Å². The fourth-order valence-corrected chi connectivity index (χ4v) is 2.80. The number of carbonyl (C=O) groups is 2. The van der Waals surface area contributed by atoms with Gasteiger partial charge >= 0.3 is 23.3 Å². The first-order chi connectivity index (χ1) is 11.9. The minimum Gasteiger partial charge on any atom is -0.481 e. The third kappa shape index (κ3) is 8.21. The maximum absolute atomic E-state index is 10.9. The summed E-state index contributed by atoms with van der Waals surface area (Å²) >= 11 is 0. The molecule has 1 saturated heterocycles. The van der Waals surface area contributed by atoms with Gasteiger partial charge in [-0.2, -0.15) is 0 Å². The van der Waals surface area contributed by atoms with Gasteiger partial charge in [-0.1, -0.05) is 27.7 Å². The standard InChI is InChI=1S/C11H22O3.C9H18O.C2H4O2.Cr/c1-8(12)14-11(6,7)9(2,3)10(4,5)13;1-7(2)8(3,4)10-9(7,5)6;1-2(3)4;/h13H,1-7H3;1-6H3;1H3,(H,3,4);/q;;;+3. The largest absolute Gasteiger partial charge is 3.00 e. The van der Waals surface area contributed by atoms with Gasteiger partial charge in [0, 0.05) is 24.7 Å². The van der Waals surface area contributed by atoms with Crippen molar-refractivity contribution in [3.8, 4) is 0 Å². The van der Waals surface area contributed by atoms with Crippen LogP contribution in [-0.2, 0) is 36.4 Å². The molecule has 0 aromatic rings. The number of hydrogen-bond acceptors (Lipinski definition) is 5. The van der Waals surface area contributed by atoms with E-state index < -0.39 is 22.6 Å². The fraction of sp³-hybridized carbons (Fsp3) is 0.909. The third-order valence-corrected chi connectivity index (χ3v) is 6.95. The van der Waals surface area contributed by atoms with E-state index in [0.29, 0.717) is 5.41 Å². The normalized spacial score (nSPS) is 19.0. The summed E-state index contributed by atoms with van der Waals surface area (Å²) in [4.78, 5) is 19.9. The molecule has 7 heteroatoms. The van der Waals surface area contributed by atoms with E-state index in [4.69, 9.17) is 19.4 Å². The van der Waals surface area contributed by atoms with Crippen LogP contribution in [0.4, 0.5) is 0 Å². The van der Waals surface area contributed by atoms with E-state index in [1.807, 2.05) is 27.7 Å². The molecule has 0 aromatic carbocycles. The number of carboxylic acids is 1. The first kappa shape index (κ1) is 33.0. The number of carboxylic acid groups (broad SMARTS) is 1. The van der Waals surface area contributed by atoms with E-state index in [9.17, 15) is 9.90 Å². The van der Waals surface area contributed by atoms with Crippen LogP contribution in [0, 0.1) is 10.8 Å². The molecular weight excluding hydrogens is 412 g/mol. The topological polar surface area (TPSA) is 93.1 Å². The Morgan fingerprint density at radius 2 is 1.10 bits per heavy atom. The predicted octanol–water partition coefficient (Wildman–Crippen LogP) is 4.81. The van der Waals surface area contributed by atoms with Crippen LogP contribution in [0.2, 0.25) is 0 Å². The molecule has 1 aliphatic rings. The van der Waals surface area contributed by atoms with Crippen molar-refractivity contribution < 1.29 is 46.6 Å². The Kier molecular flexibility index (Phi) is 11.5. The molecule has 1 aliphatic heterocycles. The summed E-state index contributed by atoms with van der Waals surface area (Å²) in [6.45, 7) is 26.4. The number of hydrogen-bond donors (Lipinski definition) is 2. The molecule has 0 aromatic heterocycles. The van der Waals surface area contributed by atoms with Gasteiger partial charge < -0.3 is 19.7 Å². The smallest absolute Gasteiger partial charge is 0.481 e. The van der Waals surface area contributed by atoms with Crippen molar-refractivity contribution in [2.75, 3.05) is 0 Å². The Hall–Kier alpha value is -0.608. The van der Waals surface area contributed by atoms with Crippen molar-refractivity contribution in [2.45, 2.75) is 119 Å². The van der Waals surface area contributed by atoms with Crippen molar-refractivity contribution in [3.63, 3.8) is 0 Å². The maximum Gasteiger partial charge on any atom is 3.00 e. The van der Waals surface area contributed by atoms with E-state index in [1.54, 1.807) is 13.8 Å². The van der Waals surface area contributed by atoms with Gasteiger partial charge in [0.2, 0.25) is 0 Å². The molecule has 1 heterocycles. The molecule has 0 spiro atoms. The van der Waals surface area contributed by atoms with Gasteiger partial charge in [0.25, 0.3) is 5.97 Å². The zero-order chi connectivity index (χ0) is 23.6. The molecule has 0 unspecified atom stereocenters. The second-order valence-corrected chi connectivity index (χ2v) is 10.6.